The lowest BCUT2D eigenvalue weighted by molar-refractivity contribution is 0.263. The first-order valence-electron chi connectivity index (χ1n) is 7.20. The molecule has 0 heterocycles. The van der Waals surface area contributed by atoms with E-state index in [1.807, 2.05) is 12.1 Å². The molecule has 5 heteroatoms. The van der Waals surface area contributed by atoms with Gasteiger partial charge in [-0.25, -0.2) is 12.7 Å². The highest BCUT2D eigenvalue weighted by atomic mass is 32.2. The maximum atomic E-state index is 12.4. The molecule has 0 atom stereocenters. The van der Waals surface area contributed by atoms with E-state index in [1.165, 1.54) is 10.7 Å². The zero-order valence-electron chi connectivity index (χ0n) is 12.0. The van der Waals surface area contributed by atoms with E-state index in [-0.39, 0.29) is 6.61 Å². The highest BCUT2D eigenvalue weighted by Gasteiger charge is 2.26. The number of aliphatic hydroxyl groups excluding tert-OH is 1. The van der Waals surface area contributed by atoms with Crippen LogP contribution in [0.1, 0.15) is 31.2 Å². The van der Waals surface area contributed by atoms with Crippen LogP contribution in [0.25, 0.3) is 0 Å². The second kappa shape index (κ2) is 6.70. The van der Waals surface area contributed by atoms with E-state index in [9.17, 15) is 8.42 Å². The molecule has 112 valence electrons. The van der Waals surface area contributed by atoms with Crippen LogP contribution in [0, 0.1) is 5.92 Å². The van der Waals surface area contributed by atoms with Crippen molar-refractivity contribution in [2.45, 2.75) is 37.0 Å². The molecule has 4 nitrogen and oxygen atoms in total. The molecular weight excluding hydrogens is 274 g/mol. The van der Waals surface area contributed by atoms with Crippen LogP contribution in [-0.2, 0) is 16.4 Å². The summed E-state index contributed by atoms with van der Waals surface area (Å²) in [6.45, 7) is 0.777. The third kappa shape index (κ3) is 3.59. The van der Waals surface area contributed by atoms with Crippen molar-refractivity contribution in [2.75, 3.05) is 20.2 Å². The van der Waals surface area contributed by atoms with Crippen molar-refractivity contribution in [2.24, 2.45) is 5.92 Å². The second-order valence-electron chi connectivity index (χ2n) is 5.55. The summed E-state index contributed by atoms with van der Waals surface area (Å²) in [5.74, 6) is 0.526. The summed E-state index contributed by atoms with van der Waals surface area (Å²) in [6.07, 6.45) is 4.97. The maximum Gasteiger partial charge on any atom is 0.242 e. The van der Waals surface area contributed by atoms with Gasteiger partial charge in [0.1, 0.15) is 0 Å². The normalized spacial score (nSPS) is 16.4. The lowest BCUT2D eigenvalue weighted by Gasteiger charge is -2.29. The molecule has 0 radical (unpaired) electrons. The summed E-state index contributed by atoms with van der Waals surface area (Å²) in [5.41, 5.74) is 1.06. The number of rotatable bonds is 7. The van der Waals surface area contributed by atoms with E-state index in [1.54, 1.807) is 19.2 Å². The molecular formula is C15H23NO3S. The van der Waals surface area contributed by atoms with E-state index in [0.717, 1.165) is 24.8 Å². The van der Waals surface area contributed by atoms with E-state index < -0.39 is 10.0 Å². The molecule has 1 aromatic rings. The van der Waals surface area contributed by atoms with E-state index in [2.05, 4.69) is 0 Å². The summed E-state index contributed by atoms with van der Waals surface area (Å²) in [5, 5.41) is 8.79. The first-order valence-corrected chi connectivity index (χ1v) is 8.64. The molecule has 1 aliphatic rings. The Hall–Kier alpha value is -0.910. The van der Waals surface area contributed by atoms with Crippen molar-refractivity contribution in [3.63, 3.8) is 0 Å². The monoisotopic (exact) mass is 297 g/mol. The number of hydrogen-bond acceptors (Lipinski definition) is 3. The molecule has 0 spiro atoms. The largest absolute Gasteiger partial charge is 0.396 e. The quantitative estimate of drug-likeness (QED) is 0.838. The minimum atomic E-state index is -3.36. The summed E-state index contributed by atoms with van der Waals surface area (Å²) < 4.78 is 26.3. The van der Waals surface area contributed by atoms with Crippen LogP contribution in [0.4, 0.5) is 0 Å². The fraction of sp³-hybridized carbons (Fsp3) is 0.600. The van der Waals surface area contributed by atoms with Crippen molar-refractivity contribution in [3.8, 4) is 0 Å². The van der Waals surface area contributed by atoms with Gasteiger partial charge >= 0.3 is 0 Å². The van der Waals surface area contributed by atoms with Crippen LogP contribution in [0.3, 0.4) is 0 Å². The molecule has 1 fully saturated rings. The van der Waals surface area contributed by atoms with E-state index in [4.69, 9.17) is 5.11 Å². The molecule has 1 aromatic carbocycles. The van der Waals surface area contributed by atoms with Gasteiger partial charge in [-0.1, -0.05) is 18.6 Å². The molecule has 0 unspecified atom stereocenters. The Morgan fingerprint density at radius 1 is 1.25 bits per heavy atom. The zero-order valence-corrected chi connectivity index (χ0v) is 12.8. The Bertz CT molecular complexity index is 521. The van der Waals surface area contributed by atoms with Gasteiger partial charge in [0.15, 0.2) is 0 Å². The molecule has 1 aliphatic carbocycles. The Morgan fingerprint density at radius 3 is 2.40 bits per heavy atom. The summed E-state index contributed by atoms with van der Waals surface area (Å²) in [6, 6.07) is 7.00. The average Bonchev–Trinajstić information content (AvgIpc) is 2.40. The van der Waals surface area contributed by atoms with Gasteiger partial charge in [0.05, 0.1) is 4.90 Å². The van der Waals surface area contributed by atoms with Crippen LogP contribution < -0.4 is 0 Å². The van der Waals surface area contributed by atoms with Gasteiger partial charge in [-0.15, -0.1) is 0 Å². The van der Waals surface area contributed by atoms with Crippen molar-refractivity contribution < 1.29 is 13.5 Å². The number of benzene rings is 1. The maximum absolute atomic E-state index is 12.4. The third-order valence-corrected chi connectivity index (χ3v) is 5.83. The Morgan fingerprint density at radius 2 is 1.90 bits per heavy atom. The Balaban J connectivity index is 2.04. The SMILES string of the molecule is CN(CC1CCC1)S(=O)(=O)c1ccc(CCCO)cc1. The van der Waals surface area contributed by atoms with Gasteiger partial charge < -0.3 is 5.11 Å². The van der Waals surface area contributed by atoms with Crippen LogP contribution in [0.5, 0.6) is 0 Å². The molecule has 0 aromatic heterocycles. The predicted molar refractivity (Wildman–Crippen MR) is 79.0 cm³/mol. The van der Waals surface area contributed by atoms with E-state index in [0.29, 0.717) is 23.8 Å². The molecule has 1 saturated carbocycles. The fourth-order valence-corrected chi connectivity index (χ4v) is 3.68. The number of aliphatic hydroxyl groups is 1. The van der Waals surface area contributed by atoms with Crippen LogP contribution in [-0.4, -0.2) is 38.0 Å². The molecule has 0 amide bonds. The third-order valence-electron chi connectivity index (χ3n) is 4.00. The summed E-state index contributed by atoms with van der Waals surface area (Å²) in [4.78, 5) is 0.354. The number of hydrogen-bond donors (Lipinski definition) is 1. The molecule has 0 bridgehead atoms. The van der Waals surface area contributed by atoms with Gasteiger partial charge in [0.25, 0.3) is 0 Å². The topological polar surface area (TPSA) is 57.6 Å². The van der Waals surface area contributed by atoms with Crippen molar-refractivity contribution in [3.05, 3.63) is 29.8 Å². The standard InChI is InChI=1S/C15H23NO3S/c1-16(12-14-4-2-5-14)20(18,19)15-9-7-13(8-10-15)6-3-11-17/h7-10,14,17H,2-6,11-12H2,1H3. The van der Waals surface area contributed by atoms with Crippen molar-refractivity contribution >= 4 is 10.0 Å². The smallest absolute Gasteiger partial charge is 0.242 e. The van der Waals surface area contributed by atoms with E-state index >= 15 is 0 Å². The molecule has 0 aliphatic heterocycles. The lowest BCUT2D eigenvalue weighted by Crippen LogP contribution is -2.34. The summed E-state index contributed by atoms with van der Waals surface area (Å²) in [7, 11) is -1.70. The Kier molecular flexibility index (Phi) is 5.18. The van der Waals surface area contributed by atoms with Gasteiger partial charge in [0.2, 0.25) is 10.0 Å². The van der Waals surface area contributed by atoms with Crippen molar-refractivity contribution in [1.82, 2.24) is 4.31 Å². The molecule has 20 heavy (non-hydrogen) atoms. The number of sulfonamides is 1. The molecule has 2 rings (SSSR count). The van der Waals surface area contributed by atoms with Gasteiger partial charge in [0, 0.05) is 20.2 Å². The highest BCUT2D eigenvalue weighted by Crippen LogP contribution is 2.28. The number of nitrogens with zero attached hydrogens (tertiary/aromatic N) is 1. The average molecular weight is 297 g/mol. The first kappa shape index (κ1) is 15.5. The fourth-order valence-electron chi connectivity index (χ4n) is 2.43. The lowest BCUT2D eigenvalue weighted by atomic mass is 9.86. The minimum absolute atomic E-state index is 0.157. The van der Waals surface area contributed by atoms with Gasteiger partial charge in [-0.2, -0.15) is 0 Å². The molecule has 0 saturated heterocycles. The number of aryl methyl sites for hydroxylation is 1. The van der Waals surface area contributed by atoms with Crippen LogP contribution in [0.2, 0.25) is 0 Å². The zero-order chi connectivity index (χ0) is 14.6. The highest BCUT2D eigenvalue weighted by molar-refractivity contribution is 7.89. The van der Waals surface area contributed by atoms with Crippen LogP contribution in [0.15, 0.2) is 29.2 Å². The van der Waals surface area contributed by atoms with Crippen LogP contribution >= 0.6 is 0 Å². The predicted octanol–water partition coefficient (Wildman–Crippen LogP) is 2.03. The van der Waals surface area contributed by atoms with Gasteiger partial charge in [-0.05, 0) is 49.3 Å². The van der Waals surface area contributed by atoms with Gasteiger partial charge in [-0.3, -0.25) is 0 Å². The summed E-state index contributed by atoms with van der Waals surface area (Å²) >= 11 is 0. The molecule has 1 N–H and O–H groups in total. The first-order chi connectivity index (χ1) is 9.54. The Labute approximate surface area is 121 Å². The van der Waals surface area contributed by atoms with Crippen molar-refractivity contribution in [1.29, 1.82) is 0 Å². The minimum Gasteiger partial charge on any atom is -0.396 e. The second-order valence-corrected chi connectivity index (χ2v) is 7.60.